The fourth-order valence-electron chi connectivity index (χ4n) is 1.36. The molecule has 2 aromatic heterocycles. The Morgan fingerprint density at radius 3 is 2.73 bits per heavy atom. The molecule has 15 heavy (non-hydrogen) atoms. The number of pyridine rings is 1. The van der Waals surface area contributed by atoms with Gasteiger partial charge in [0.2, 0.25) is 0 Å². The Morgan fingerprint density at radius 2 is 2.07 bits per heavy atom. The van der Waals surface area contributed by atoms with Gasteiger partial charge >= 0.3 is 0 Å². The Hall–Kier alpha value is -1.75. The largest absolute Gasteiger partial charge is 0.321 e. The first-order chi connectivity index (χ1) is 7.18. The SMILES string of the molecule is Cn1c(-c2ccncc2)cc(=O)[nH]c1=S. The molecular weight excluding hydrogens is 210 g/mol. The predicted octanol–water partition coefficient (Wildman–Crippen LogP) is 1.50. The molecule has 0 aliphatic heterocycles. The van der Waals surface area contributed by atoms with Gasteiger partial charge in [-0.15, -0.1) is 0 Å². The number of nitrogens with one attached hydrogen (secondary N) is 1. The van der Waals surface area contributed by atoms with Crippen molar-refractivity contribution in [3.05, 3.63) is 45.7 Å². The molecule has 0 amide bonds. The van der Waals surface area contributed by atoms with E-state index in [4.69, 9.17) is 12.2 Å². The van der Waals surface area contributed by atoms with Crippen LogP contribution in [-0.2, 0) is 7.05 Å². The van der Waals surface area contributed by atoms with Crippen LogP contribution in [0.2, 0.25) is 0 Å². The van der Waals surface area contributed by atoms with E-state index in [-0.39, 0.29) is 5.56 Å². The summed E-state index contributed by atoms with van der Waals surface area (Å²) in [6, 6.07) is 5.19. The highest BCUT2D eigenvalue weighted by molar-refractivity contribution is 7.71. The maximum Gasteiger partial charge on any atom is 0.252 e. The molecule has 2 aromatic rings. The normalized spacial score (nSPS) is 10.2. The number of aromatic amines is 1. The molecule has 0 fully saturated rings. The van der Waals surface area contributed by atoms with Crippen LogP contribution in [0.5, 0.6) is 0 Å². The second-order valence-electron chi connectivity index (χ2n) is 3.12. The molecule has 0 radical (unpaired) electrons. The third-order valence-corrected chi connectivity index (χ3v) is 2.52. The van der Waals surface area contributed by atoms with Gasteiger partial charge in [-0.3, -0.25) is 14.8 Å². The van der Waals surface area contributed by atoms with E-state index in [0.717, 1.165) is 11.3 Å². The van der Waals surface area contributed by atoms with E-state index in [2.05, 4.69) is 9.97 Å². The Labute approximate surface area is 91.2 Å². The van der Waals surface area contributed by atoms with E-state index in [0.29, 0.717) is 4.77 Å². The number of rotatable bonds is 1. The maximum absolute atomic E-state index is 11.3. The molecule has 0 aliphatic rings. The Bertz CT molecular complexity index is 586. The lowest BCUT2D eigenvalue weighted by Crippen LogP contribution is -2.12. The summed E-state index contributed by atoms with van der Waals surface area (Å²) in [5.41, 5.74) is 1.51. The molecule has 4 nitrogen and oxygen atoms in total. The minimum absolute atomic E-state index is 0.190. The molecule has 1 N–H and O–H groups in total. The van der Waals surface area contributed by atoms with Crippen LogP contribution in [0, 0.1) is 4.77 Å². The summed E-state index contributed by atoms with van der Waals surface area (Å²) < 4.78 is 2.17. The zero-order chi connectivity index (χ0) is 10.8. The fourth-order valence-corrected chi connectivity index (χ4v) is 1.55. The standard InChI is InChI=1S/C10H9N3OS/c1-13-8(6-9(14)12-10(13)15)7-2-4-11-5-3-7/h2-6H,1H3,(H,12,14,15). The summed E-state index contributed by atoms with van der Waals surface area (Å²) in [6.45, 7) is 0. The molecule has 0 aromatic carbocycles. The van der Waals surface area contributed by atoms with E-state index in [9.17, 15) is 4.79 Å². The molecule has 76 valence electrons. The minimum Gasteiger partial charge on any atom is -0.321 e. The van der Waals surface area contributed by atoms with Crippen molar-refractivity contribution >= 4 is 12.2 Å². The van der Waals surface area contributed by atoms with Crippen LogP contribution in [0.3, 0.4) is 0 Å². The van der Waals surface area contributed by atoms with Gasteiger partial charge in [0.1, 0.15) is 0 Å². The van der Waals surface area contributed by atoms with Crippen molar-refractivity contribution in [2.24, 2.45) is 7.05 Å². The molecule has 0 atom stereocenters. The zero-order valence-electron chi connectivity index (χ0n) is 8.10. The average Bonchev–Trinajstić information content (AvgIpc) is 2.24. The maximum atomic E-state index is 11.3. The molecular formula is C10H9N3OS. The Balaban J connectivity index is 2.74. The molecule has 0 saturated carbocycles. The molecule has 2 heterocycles. The van der Waals surface area contributed by atoms with Crippen LogP contribution in [0.15, 0.2) is 35.4 Å². The minimum atomic E-state index is -0.190. The highest BCUT2D eigenvalue weighted by Crippen LogP contribution is 2.14. The van der Waals surface area contributed by atoms with Crippen LogP contribution < -0.4 is 5.56 Å². The second-order valence-corrected chi connectivity index (χ2v) is 3.51. The average molecular weight is 219 g/mol. The number of H-pyrrole nitrogens is 1. The lowest BCUT2D eigenvalue weighted by molar-refractivity contribution is 0.842. The second kappa shape index (κ2) is 3.78. The van der Waals surface area contributed by atoms with Gasteiger partial charge in [-0.2, -0.15) is 0 Å². The molecule has 0 unspecified atom stereocenters. The molecule has 2 rings (SSSR count). The van der Waals surface area contributed by atoms with Gasteiger partial charge in [0.05, 0.1) is 5.69 Å². The number of hydrogen-bond acceptors (Lipinski definition) is 3. The highest BCUT2D eigenvalue weighted by atomic mass is 32.1. The van der Waals surface area contributed by atoms with Crippen LogP contribution in [0.25, 0.3) is 11.3 Å². The zero-order valence-corrected chi connectivity index (χ0v) is 8.91. The highest BCUT2D eigenvalue weighted by Gasteiger charge is 2.02. The van der Waals surface area contributed by atoms with E-state index in [1.165, 1.54) is 6.07 Å². The molecule has 0 saturated heterocycles. The molecule has 0 spiro atoms. The van der Waals surface area contributed by atoms with Gasteiger partial charge in [0.15, 0.2) is 4.77 Å². The third kappa shape index (κ3) is 1.87. The van der Waals surface area contributed by atoms with Gasteiger partial charge in [-0.05, 0) is 24.4 Å². The summed E-state index contributed by atoms with van der Waals surface area (Å²) in [7, 11) is 1.81. The molecule has 0 bridgehead atoms. The van der Waals surface area contributed by atoms with Crippen LogP contribution in [0.4, 0.5) is 0 Å². The van der Waals surface area contributed by atoms with Gasteiger partial charge < -0.3 is 4.57 Å². The van der Waals surface area contributed by atoms with Crippen LogP contribution in [-0.4, -0.2) is 14.5 Å². The van der Waals surface area contributed by atoms with Crippen LogP contribution >= 0.6 is 12.2 Å². The number of hydrogen-bond donors (Lipinski definition) is 1. The summed E-state index contributed by atoms with van der Waals surface area (Å²) in [6.07, 6.45) is 3.36. The van der Waals surface area contributed by atoms with E-state index >= 15 is 0 Å². The van der Waals surface area contributed by atoms with E-state index < -0.39 is 0 Å². The predicted molar refractivity (Wildman–Crippen MR) is 60.1 cm³/mol. The molecule has 5 heteroatoms. The van der Waals surface area contributed by atoms with Crippen LogP contribution in [0.1, 0.15) is 0 Å². The Morgan fingerprint density at radius 1 is 1.40 bits per heavy atom. The quantitative estimate of drug-likeness (QED) is 0.739. The number of nitrogens with zero attached hydrogens (tertiary/aromatic N) is 2. The van der Waals surface area contributed by atoms with Crippen molar-refractivity contribution in [3.63, 3.8) is 0 Å². The molecule has 0 aliphatic carbocycles. The van der Waals surface area contributed by atoms with Crippen molar-refractivity contribution in [2.75, 3.05) is 0 Å². The Kier molecular flexibility index (Phi) is 2.47. The summed E-state index contributed by atoms with van der Waals surface area (Å²) in [4.78, 5) is 17.8. The van der Waals surface area contributed by atoms with Gasteiger partial charge in [-0.1, -0.05) is 0 Å². The first kappa shape index (κ1) is 9.79. The van der Waals surface area contributed by atoms with Gasteiger partial charge in [0.25, 0.3) is 5.56 Å². The van der Waals surface area contributed by atoms with Crippen molar-refractivity contribution in [2.45, 2.75) is 0 Å². The topological polar surface area (TPSA) is 50.7 Å². The van der Waals surface area contributed by atoms with E-state index in [1.807, 2.05) is 19.2 Å². The lowest BCUT2D eigenvalue weighted by Gasteiger charge is -2.07. The number of aromatic nitrogens is 3. The lowest BCUT2D eigenvalue weighted by atomic mass is 10.2. The smallest absolute Gasteiger partial charge is 0.252 e. The van der Waals surface area contributed by atoms with Gasteiger partial charge in [0, 0.05) is 31.1 Å². The first-order valence-electron chi connectivity index (χ1n) is 4.39. The third-order valence-electron chi connectivity index (χ3n) is 2.14. The van der Waals surface area contributed by atoms with E-state index in [1.54, 1.807) is 17.0 Å². The summed E-state index contributed by atoms with van der Waals surface area (Å²) in [5, 5.41) is 0. The van der Waals surface area contributed by atoms with Crippen molar-refractivity contribution in [1.82, 2.24) is 14.5 Å². The monoisotopic (exact) mass is 219 g/mol. The fraction of sp³-hybridized carbons (Fsp3) is 0.100. The summed E-state index contributed by atoms with van der Waals surface area (Å²) in [5.74, 6) is 0. The summed E-state index contributed by atoms with van der Waals surface area (Å²) >= 11 is 5.02. The van der Waals surface area contributed by atoms with Crippen molar-refractivity contribution in [1.29, 1.82) is 0 Å². The van der Waals surface area contributed by atoms with Crippen molar-refractivity contribution < 1.29 is 0 Å². The van der Waals surface area contributed by atoms with Crippen molar-refractivity contribution in [3.8, 4) is 11.3 Å². The first-order valence-corrected chi connectivity index (χ1v) is 4.80. The van der Waals surface area contributed by atoms with Gasteiger partial charge in [-0.25, -0.2) is 0 Å².